The van der Waals surface area contributed by atoms with Gasteiger partial charge in [0.15, 0.2) is 5.96 Å². The van der Waals surface area contributed by atoms with E-state index in [9.17, 15) is 0 Å². The highest BCUT2D eigenvalue weighted by Crippen LogP contribution is 2.09. The van der Waals surface area contributed by atoms with E-state index >= 15 is 0 Å². The van der Waals surface area contributed by atoms with Crippen LogP contribution in [0.4, 0.5) is 0 Å². The van der Waals surface area contributed by atoms with Crippen molar-refractivity contribution in [1.82, 2.24) is 15.2 Å². The van der Waals surface area contributed by atoms with Crippen molar-refractivity contribution in [1.29, 1.82) is 0 Å². The van der Waals surface area contributed by atoms with Crippen LogP contribution in [0.5, 0.6) is 0 Å². The maximum atomic E-state index is 5.28. The van der Waals surface area contributed by atoms with Crippen molar-refractivity contribution >= 4 is 17.3 Å². The van der Waals surface area contributed by atoms with Gasteiger partial charge >= 0.3 is 0 Å². The molecule has 1 heterocycles. The van der Waals surface area contributed by atoms with E-state index in [0.717, 1.165) is 36.4 Å². The summed E-state index contributed by atoms with van der Waals surface area (Å²) in [6.45, 7) is 6.97. The first-order chi connectivity index (χ1) is 8.67. The van der Waals surface area contributed by atoms with Gasteiger partial charge in [0.1, 0.15) is 0 Å². The average molecular weight is 270 g/mol. The lowest BCUT2D eigenvalue weighted by molar-refractivity contribution is 0.152. The summed E-state index contributed by atoms with van der Waals surface area (Å²) in [5.41, 5.74) is 1.08. The van der Waals surface area contributed by atoms with Crippen LogP contribution in [-0.2, 0) is 11.3 Å². The summed E-state index contributed by atoms with van der Waals surface area (Å²) in [5.74, 6) is 0.861. The zero-order valence-electron chi connectivity index (χ0n) is 11.6. The number of guanidine groups is 1. The first-order valence-corrected chi connectivity index (χ1v) is 6.95. The van der Waals surface area contributed by atoms with Gasteiger partial charge in [0, 0.05) is 32.6 Å². The minimum atomic E-state index is 0.694. The van der Waals surface area contributed by atoms with Crippen LogP contribution in [0, 0.1) is 6.92 Å². The zero-order chi connectivity index (χ0) is 13.4. The smallest absolute Gasteiger partial charge is 0.193 e. The highest BCUT2D eigenvalue weighted by atomic mass is 32.1. The van der Waals surface area contributed by atoms with Crippen LogP contribution in [0.2, 0.25) is 0 Å². The summed E-state index contributed by atoms with van der Waals surface area (Å²) < 4.78 is 5.28. The van der Waals surface area contributed by atoms with Crippen LogP contribution in [-0.4, -0.2) is 49.7 Å². The number of aliphatic imine (C=N–C) groups is 1. The predicted octanol–water partition coefficient (Wildman–Crippen LogP) is 1.50. The van der Waals surface area contributed by atoms with Crippen LogP contribution in [0.1, 0.15) is 17.6 Å². The molecule has 0 aromatic carbocycles. The molecule has 0 aliphatic heterocycles. The van der Waals surface area contributed by atoms with Gasteiger partial charge in [-0.05, 0) is 13.8 Å². The number of ether oxygens (including phenoxy) is 1. The van der Waals surface area contributed by atoms with Crippen molar-refractivity contribution in [2.45, 2.75) is 20.4 Å². The lowest BCUT2D eigenvalue weighted by atomic mass is 10.4. The number of aromatic nitrogens is 1. The Morgan fingerprint density at radius 2 is 2.39 bits per heavy atom. The lowest BCUT2D eigenvalue weighted by Gasteiger charge is -2.21. The van der Waals surface area contributed by atoms with Crippen LogP contribution in [0.3, 0.4) is 0 Å². The molecule has 0 aliphatic rings. The SMILES string of the molecule is CCOCCNC(=NC)N(C)Cc1csc(C)n1. The summed E-state index contributed by atoms with van der Waals surface area (Å²) in [6, 6.07) is 0. The first kappa shape index (κ1) is 14.9. The molecular weight excluding hydrogens is 248 g/mol. The molecule has 0 amide bonds. The number of nitrogens with one attached hydrogen (secondary N) is 1. The van der Waals surface area contributed by atoms with E-state index in [1.54, 1.807) is 18.4 Å². The second kappa shape index (κ2) is 8.05. The second-order valence-electron chi connectivity index (χ2n) is 3.88. The fraction of sp³-hybridized carbons (Fsp3) is 0.667. The van der Waals surface area contributed by atoms with E-state index in [0.29, 0.717) is 6.61 Å². The molecule has 1 aromatic heterocycles. The van der Waals surface area contributed by atoms with Crippen molar-refractivity contribution in [3.63, 3.8) is 0 Å². The molecule has 0 fully saturated rings. The van der Waals surface area contributed by atoms with Gasteiger partial charge in [-0.2, -0.15) is 0 Å². The molecule has 0 aliphatic carbocycles. The second-order valence-corrected chi connectivity index (χ2v) is 4.95. The van der Waals surface area contributed by atoms with Gasteiger partial charge in [-0.1, -0.05) is 0 Å². The standard InChI is InChI=1S/C12H22N4OS/c1-5-17-7-6-14-12(13-3)16(4)8-11-9-18-10(2)15-11/h9H,5-8H2,1-4H3,(H,13,14). The van der Waals surface area contributed by atoms with Crippen LogP contribution in [0.15, 0.2) is 10.4 Å². The molecule has 5 nitrogen and oxygen atoms in total. The van der Waals surface area contributed by atoms with Crippen molar-refractivity contribution in [3.05, 3.63) is 16.1 Å². The number of thiazole rings is 1. The summed E-state index contributed by atoms with van der Waals surface area (Å²) in [7, 11) is 3.79. The molecule has 18 heavy (non-hydrogen) atoms. The number of aryl methyl sites for hydroxylation is 1. The molecule has 0 saturated heterocycles. The Morgan fingerprint density at radius 3 is 2.94 bits per heavy atom. The summed E-state index contributed by atoms with van der Waals surface area (Å²) in [6.07, 6.45) is 0. The number of hydrogen-bond donors (Lipinski definition) is 1. The quantitative estimate of drug-likeness (QED) is 0.483. The Kier molecular flexibility index (Phi) is 6.67. The molecule has 1 rings (SSSR count). The Bertz CT molecular complexity index is 378. The number of rotatable bonds is 6. The maximum absolute atomic E-state index is 5.28. The molecule has 6 heteroatoms. The minimum absolute atomic E-state index is 0.694. The molecule has 1 N–H and O–H groups in total. The van der Waals surface area contributed by atoms with Crippen molar-refractivity contribution in [2.75, 3.05) is 33.9 Å². The molecule has 0 atom stereocenters. The van der Waals surface area contributed by atoms with E-state index in [1.807, 2.05) is 20.9 Å². The van der Waals surface area contributed by atoms with E-state index in [4.69, 9.17) is 4.74 Å². The normalized spacial score (nSPS) is 11.7. The number of nitrogens with zero attached hydrogens (tertiary/aromatic N) is 3. The Hall–Kier alpha value is -1.14. The summed E-state index contributed by atoms with van der Waals surface area (Å²) >= 11 is 1.67. The van der Waals surface area contributed by atoms with Gasteiger partial charge in [0.05, 0.1) is 23.9 Å². The molecule has 0 unspecified atom stereocenters. The maximum Gasteiger partial charge on any atom is 0.193 e. The largest absolute Gasteiger partial charge is 0.380 e. The van der Waals surface area contributed by atoms with Crippen molar-refractivity contribution in [2.24, 2.45) is 4.99 Å². The number of hydrogen-bond acceptors (Lipinski definition) is 4. The van der Waals surface area contributed by atoms with Gasteiger partial charge < -0.3 is 15.0 Å². The van der Waals surface area contributed by atoms with Crippen molar-refractivity contribution in [3.8, 4) is 0 Å². The van der Waals surface area contributed by atoms with Gasteiger partial charge in [0.2, 0.25) is 0 Å². The molecule has 0 saturated carbocycles. The lowest BCUT2D eigenvalue weighted by Crippen LogP contribution is -2.40. The van der Waals surface area contributed by atoms with E-state index in [1.165, 1.54) is 0 Å². The molecule has 0 bridgehead atoms. The van der Waals surface area contributed by atoms with Crippen LogP contribution < -0.4 is 5.32 Å². The monoisotopic (exact) mass is 270 g/mol. The molecule has 0 spiro atoms. The van der Waals surface area contributed by atoms with Gasteiger partial charge in [0.25, 0.3) is 0 Å². The first-order valence-electron chi connectivity index (χ1n) is 6.08. The average Bonchev–Trinajstić information content (AvgIpc) is 2.75. The predicted molar refractivity (Wildman–Crippen MR) is 76.2 cm³/mol. The third-order valence-corrected chi connectivity index (χ3v) is 3.20. The molecular formula is C12H22N4OS. The zero-order valence-corrected chi connectivity index (χ0v) is 12.4. The van der Waals surface area contributed by atoms with E-state index < -0.39 is 0 Å². The third-order valence-electron chi connectivity index (χ3n) is 2.37. The highest BCUT2D eigenvalue weighted by molar-refractivity contribution is 7.09. The van der Waals surface area contributed by atoms with Crippen LogP contribution >= 0.6 is 11.3 Å². The van der Waals surface area contributed by atoms with E-state index in [-0.39, 0.29) is 0 Å². The third kappa shape index (κ3) is 5.01. The topological polar surface area (TPSA) is 49.8 Å². The van der Waals surface area contributed by atoms with Gasteiger partial charge in [-0.15, -0.1) is 11.3 Å². The summed E-state index contributed by atoms with van der Waals surface area (Å²) in [5, 5.41) is 6.44. The summed E-state index contributed by atoms with van der Waals surface area (Å²) in [4.78, 5) is 10.7. The Labute approximate surface area is 113 Å². The Morgan fingerprint density at radius 1 is 1.61 bits per heavy atom. The fourth-order valence-electron chi connectivity index (χ4n) is 1.56. The van der Waals surface area contributed by atoms with Gasteiger partial charge in [-0.25, -0.2) is 4.98 Å². The molecule has 1 aromatic rings. The van der Waals surface area contributed by atoms with Gasteiger partial charge in [-0.3, -0.25) is 4.99 Å². The van der Waals surface area contributed by atoms with Crippen LogP contribution in [0.25, 0.3) is 0 Å². The molecule has 0 radical (unpaired) electrons. The molecule has 102 valence electrons. The highest BCUT2D eigenvalue weighted by Gasteiger charge is 2.07. The minimum Gasteiger partial charge on any atom is -0.380 e. The van der Waals surface area contributed by atoms with Crippen molar-refractivity contribution < 1.29 is 4.74 Å². The Balaban J connectivity index is 2.40. The van der Waals surface area contributed by atoms with E-state index in [2.05, 4.69) is 25.6 Å². The fourth-order valence-corrected chi connectivity index (χ4v) is 2.17.